The van der Waals surface area contributed by atoms with Gasteiger partial charge in [0.2, 0.25) is 0 Å². The number of halogens is 1. The molecular formula is C13H15ClN2O2. The van der Waals surface area contributed by atoms with Crippen LogP contribution in [0.5, 0.6) is 0 Å². The second-order valence-corrected chi connectivity index (χ2v) is 4.46. The van der Waals surface area contributed by atoms with Gasteiger partial charge in [-0.15, -0.1) is 0 Å². The molecule has 1 rings (SSSR count). The van der Waals surface area contributed by atoms with Gasteiger partial charge in [0, 0.05) is 6.04 Å². The molecule has 0 aliphatic rings. The number of esters is 1. The van der Waals surface area contributed by atoms with Gasteiger partial charge in [0.25, 0.3) is 0 Å². The number of methoxy groups -OCH3 is 1. The number of nitrogens with one attached hydrogen (secondary N) is 1. The van der Waals surface area contributed by atoms with Gasteiger partial charge in [0.05, 0.1) is 35.4 Å². The predicted molar refractivity (Wildman–Crippen MR) is 70.4 cm³/mol. The van der Waals surface area contributed by atoms with E-state index in [-0.39, 0.29) is 17.9 Å². The lowest BCUT2D eigenvalue weighted by Gasteiger charge is -2.21. The fourth-order valence-corrected chi connectivity index (χ4v) is 1.70. The van der Waals surface area contributed by atoms with Crippen molar-refractivity contribution >= 4 is 23.3 Å². The molecule has 0 radical (unpaired) electrons. The van der Waals surface area contributed by atoms with Gasteiger partial charge < -0.3 is 10.1 Å². The largest absolute Gasteiger partial charge is 0.469 e. The first-order valence-corrected chi connectivity index (χ1v) is 5.91. The summed E-state index contributed by atoms with van der Waals surface area (Å²) in [6.07, 6.45) is 0. The molecule has 0 bridgehead atoms. The Balaban J connectivity index is 2.79. The molecule has 5 heteroatoms. The third kappa shape index (κ3) is 3.38. The van der Waals surface area contributed by atoms with E-state index in [1.165, 1.54) is 7.11 Å². The summed E-state index contributed by atoms with van der Waals surface area (Å²) in [4.78, 5) is 11.4. The molecule has 2 unspecified atom stereocenters. The van der Waals surface area contributed by atoms with Crippen molar-refractivity contribution in [1.82, 2.24) is 0 Å². The van der Waals surface area contributed by atoms with Crippen LogP contribution in [0.1, 0.15) is 19.4 Å². The second-order valence-electron chi connectivity index (χ2n) is 4.05. The van der Waals surface area contributed by atoms with E-state index >= 15 is 0 Å². The molecule has 2 atom stereocenters. The predicted octanol–water partition coefficient (Wildman–Crippen LogP) is 2.82. The lowest BCUT2D eigenvalue weighted by Crippen LogP contribution is -2.30. The van der Waals surface area contributed by atoms with Gasteiger partial charge in [0.1, 0.15) is 0 Å². The van der Waals surface area contributed by atoms with E-state index in [2.05, 4.69) is 10.1 Å². The van der Waals surface area contributed by atoms with Gasteiger partial charge in [0.15, 0.2) is 0 Å². The van der Waals surface area contributed by atoms with Crippen LogP contribution in [-0.2, 0) is 9.53 Å². The molecule has 0 fully saturated rings. The zero-order valence-electron chi connectivity index (χ0n) is 10.5. The van der Waals surface area contributed by atoms with Crippen LogP contribution >= 0.6 is 11.6 Å². The monoisotopic (exact) mass is 266 g/mol. The van der Waals surface area contributed by atoms with Crippen LogP contribution in [0.15, 0.2) is 18.2 Å². The van der Waals surface area contributed by atoms with Crippen LogP contribution in [0, 0.1) is 17.2 Å². The van der Waals surface area contributed by atoms with Crippen LogP contribution in [0.25, 0.3) is 0 Å². The van der Waals surface area contributed by atoms with Gasteiger partial charge in [-0.05, 0) is 32.0 Å². The van der Waals surface area contributed by atoms with Crippen molar-refractivity contribution in [3.8, 4) is 6.07 Å². The third-order valence-corrected chi connectivity index (χ3v) is 3.12. The van der Waals surface area contributed by atoms with Crippen LogP contribution in [0.2, 0.25) is 5.02 Å². The molecular weight excluding hydrogens is 252 g/mol. The lowest BCUT2D eigenvalue weighted by atomic mass is 10.0. The number of hydrogen-bond acceptors (Lipinski definition) is 4. The first-order valence-electron chi connectivity index (χ1n) is 5.53. The minimum absolute atomic E-state index is 0.122. The minimum Gasteiger partial charge on any atom is -0.469 e. The molecule has 0 aromatic heterocycles. The van der Waals surface area contributed by atoms with Crippen LogP contribution in [0.3, 0.4) is 0 Å². The molecule has 18 heavy (non-hydrogen) atoms. The summed E-state index contributed by atoms with van der Waals surface area (Å²) < 4.78 is 4.68. The Kier molecular flexibility index (Phi) is 4.99. The molecule has 1 aromatic carbocycles. The molecule has 0 heterocycles. The van der Waals surface area contributed by atoms with Crippen molar-refractivity contribution in [2.24, 2.45) is 5.92 Å². The number of nitrogens with zero attached hydrogens (tertiary/aromatic N) is 1. The van der Waals surface area contributed by atoms with E-state index in [0.717, 1.165) is 0 Å². The normalized spacial score (nSPS) is 13.3. The number of benzene rings is 1. The fourth-order valence-electron chi connectivity index (χ4n) is 1.46. The molecule has 0 amide bonds. The van der Waals surface area contributed by atoms with E-state index in [9.17, 15) is 4.79 Å². The van der Waals surface area contributed by atoms with Crippen molar-refractivity contribution < 1.29 is 9.53 Å². The number of nitriles is 1. The van der Waals surface area contributed by atoms with E-state index in [0.29, 0.717) is 16.3 Å². The Bertz CT molecular complexity index is 482. The Labute approximate surface area is 112 Å². The molecule has 1 N–H and O–H groups in total. The van der Waals surface area contributed by atoms with E-state index < -0.39 is 0 Å². The summed E-state index contributed by atoms with van der Waals surface area (Å²) in [5.41, 5.74) is 1.19. The third-order valence-electron chi connectivity index (χ3n) is 2.80. The lowest BCUT2D eigenvalue weighted by molar-refractivity contribution is -0.145. The van der Waals surface area contributed by atoms with Crippen LogP contribution in [-0.4, -0.2) is 19.1 Å². The van der Waals surface area contributed by atoms with Gasteiger partial charge in [-0.3, -0.25) is 4.79 Å². The Morgan fingerprint density at radius 2 is 2.17 bits per heavy atom. The number of ether oxygens (including phenoxy) is 1. The number of hydrogen-bond donors (Lipinski definition) is 1. The topological polar surface area (TPSA) is 62.1 Å². The van der Waals surface area contributed by atoms with E-state index in [1.807, 2.05) is 13.0 Å². The van der Waals surface area contributed by atoms with E-state index in [4.69, 9.17) is 16.9 Å². The second kappa shape index (κ2) is 6.27. The van der Waals surface area contributed by atoms with Crippen molar-refractivity contribution in [2.75, 3.05) is 12.4 Å². The maximum absolute atomic E-state index is 11.4. The number of carbonyl (C=O) groups excluding carboxylic acids is 1. The standard InChI is InChI=1S/C13H15ClN2O2/c1-8(13(17)18-3)9(2)16-12-5-4-10(7-15)6-11(12)14/h4-6,8-9,16H,1-3H3. The number of anilines is 1. The summed E-state index contributed by atoms with van der Waals surface area (Å²) in [7, 11) is 1.36. The summed E-state index contributed by atoms with van der Waals surface area (Å²) in [5.74, 6) is -0.568. The highest BCUT2D eigenvalue weighted by Crippen LogP contribution is 2.24. The minimum atomic E-state index is -0.290. The fraction of sp³-hybridized carbons (Fsp3) is 0.385. The zero-order valence-corrected chi connectivity index (χ0v) is 11.3. The summed E-state index contributed by atoms with van der Waals surface area (Å²) in [5, 5.41) is 12.3. The quantitative estimate of drug-likeness (QED) is 0.851. The maximum Gasteiger partial charge on any atom is 0.310 e. The Morgan fingerprint density at radius 3 is 2.67 bits per heavy atom. The average Bonchev–Trinajstić information content (AvgIpc) is 2.38. The first-order chi connectivity index (χ1) is 8.49. The number of carbonyl (C=O) groups is 1. The highest BCUT2D eigenvalue weighted by Gasteiger charge is 2.21. The highest BCUT2D eigenvalue weighted by molar-refractivity contribution is 6.33. The zero-order chi connectivity index (χ0) is 13.7. The molecule has 96 valence electrons. The van der Waals surface area contributed by atoms with Crippen LogP contribution < -0.4 is 5.32 Å². The van der Waals surface area contributed by atoms with Crippen molar-refractivity contribution in [3.63, 3.8) is 0 Å². The molecule has 0 saturated heterocycles. The molecule has 4 nitrogen and oxygen atoms in total. The van der Waals surface area contributed by atoms with Crippen molar-refractivity contribution in [3.05, 3.63) is 28.8 Å². The smallest absolute Gasteiger partial charge is 0.310 e. The molecule has 0 spiro atoms. The van der Waals surface area contributed by atoms with E-state index in [1.54, 1.807) is 25.1 Å². The van der Waals surface area contributed by atoms with Crippen molar-refractivity contribution in [1.29, 1.82) is 5.26 Å². The average molecular weight is 267 g/mol. The SMILES string of the molecule is COC(=O)C(C)C(C)Nc1ccc(C#N)cc1Cl. The van der Waals surface area contributed by atoms with Crippen molar-refractivity contribution in [2.45, 2.75) is 19.9 Å². The summed E-state index contributed by atoms with van der Waals surface area (Å²) >= 11 is 6.04. The molecule has 1 aromatic rings. The Morgan fingerprint density at radius 1 is 1.50 bits per heavy atom. The summed E-state index contributed by atoms with van der Waals surface area (Å²) in [6.45, 7) is 3.65. The van der Waals surface area contributed by atoms with Gasteiger partial charge in [-0.25, -0.2) is 0 Å². The summed E-state index contributed by atoms with van der Waals surface area (Å²) in [6, 6.07) is 6.87. The Hall–Kier alpha value is -1.73. The first kappa shape index (κ1) is 14.3. The van der Waals surface area contributed by atoms with Crippen LogP contribution in [0.4, 0.5) is 5.69 Å². The maximum atomic E-state index is 11.4. The number of rotatable bonds is 4. The molecule has 0 aliphatic heterocycles. The molecule has 0 saturated carbocycles. The van der Waals surface area contributed by atoms with Gasteiger partial charge in [-0.2, -0.15) is 5.26 Å². The molecule has 0 aliphatic carbocycles. The van der Waals surface area contributed by atoms with Gasteiger partial charge >= 0.3 is 5.97 Å². The highest BCUT2D eigenvalue weighted by atomic mass is 35.5. The van der Waals surface area contributed by atoms with Gasteiger partial charge in [-0.1, -0.05) is 11.6 Å².